The van der Waals surface area contributed by atoms with Gasteiger partial charge in [0.05, 0.1) is 11.5 Å². The molecule has 0 rings (SSSR count). The van der Waals surface area contributed by atoms with Gasteiger partial charge in [0, 0.05) is 0 Å². The molecular weight excluding hydrogens is 168 g/mol. The molecule has 0 amide bonds. The van der Waals surface area contributed by atoms with Crippen LogP contribution in [0.15, 0.2) is 0 Å². The van der Waals surface area contributed by atoms with E-state index >= 15 is 0 Å². The molecule has 0 fully saturated rings. The van der Waals surface area contributed by atoms with E-state index in [4.69, 9.17) is 4.74 Å². The lowest BCUT2D eigenvalue weighted by molar-refractivity contribution is -0.166. The fraction of sp³-hybridized carbons (Fsp3) is 0.900. The molecule has 1 atom stereocenters. The molecule has 0 radical (unpaired) electrons. The van der Waals surface area contributed by atoms with Crippen molar-refractivity contribution in [2.45, 2.75) is 52.7 Å². The van der Waals surface area contributed by atoms with Crippen molar-refractivity contribution in [3.8, 4) is 0 Å². The Hall–Kier alpha value is -0.570. The normalized spacial score (nSPS) is 15.3. The van der Waals surface area contributed by atoms with E-state index in [-0.39, 0.29) is 5.97 Å². The maximum atomic E-state index is 11.4. The fourth-order valence-corrected chi connectivity index (χ4v) is 0.679. The lowest BCUT2D eigenvalue weighted by Crippen LogP contribution is -2.38. The Kier molecular flexibility index (Phi) is 3.50. The molecule has 0 bridgehead atoms. The summed E-state index contributed by atoms with van der Waals surface area (Å²) in [6.07, 6.45) is 0. The summed E-state index contributed by atoms with van der Waals surface area (Å²) in [5, 5.41) is 9.55. The predicted octanol–water partition coefficient (Wildman–Crippen LogP) is 1.74. The minimum Gasteiger partial charge on any atom is -0.460 e. The van der Waals surface area contributed by atoms with Crippen LogP contribution in [-0.2, 0) is 9.53 Å². The summed E-state index contributed by atoms with van der Waals surface area (Å²) in [4.78, 5) is 11.4. The van der Waals surface area contributed by atoms with Crippen LogP contribution in [0.3, 0.4) is 0 Å². The van der Waals surface area contributed by atoms with Gasteiger partial charge < -0.3 is 9.84 Å². The zero-order valence-electron chi connectivity index (χ0n) is 9.34. The van der Waals surface area contributed by atoms with Gasteiger partial charge in [0.25, 0.3) is 0 Å². The first-order valence-electron chi connectivity index (χ1n) is 4.49. The minimum absolute atomic E-state index is 0.361. The molecule has 0 aliphatic carbocycles. The smallest absolute Gasteiger partial charge is 0.312 e. The van der Waals surface area contributed by atoms with Gasteiger partial charge in [-0.2, -0.15) is 0 Å². The number of carbonyl (C=O) groups is 1. The highest BCUT2D eigenvalue weighted by molar-refractivity contribution is 5.73. The summed E-state index contributed by atoms with van der Waals surface area (Å²) in [5.41, 5.74) is -1.51. The molecule has 0 aliphatic heterocycles. The monoisotopic (exact) mass is 188 g/mol. The van der Waals surface area contributed by atoms with E-state index in [1.165, 1.54) is 0 Å². The van der Waals surface area contributed by atoms with Crippen LogP contribution in [0, 0.1) is 5.92 Å². The Morgan fingerprint density at radius 3 is 1.85 bits per heavy atom. The van der Waals surface area contributed by atoms with Crippen molar-refractivity contribution in [3.63, 3.8) is 0 Å². The van der Waals surface area contributed by atoms with Crippen molar-refractivity contribution in [2.75, 3.05) is 0 Å². The van der Waals surface area contributed by atoms with E-state index in [1.54, 1.807) is 20.8 Å². The number of aliphatic hydroxyl groups is 1. The Morgan fingerprint density at radius 1 is 1.23 bits per heavy atom. The van der Waals surface area contributed by atoms with Gasteiger partial charge in [-0.15, -0.1) is 0 Å². The minimum atomic E-state index is -1.03. The number of carbonyl (C=O) groups excluding carboxylic acids is 1. The molecule has 1 N–H and O–H groups in total. The van der Waals surface area contributed by atoms with Crippen molar-refractivity contribution in [3.05, 3.63) is 0 Å². The van der Waals surface area contributed by atoms with Gasteiger partial charge in [-0.05, 0) is 41.5 Å². The highest BCUT2D eigenvalue weighted by Crippen LogP contribution is 2.20. The SMILES string of the molecule is CC(C(=O)OC(C)(C)C)C(C)(C)O. The summed E-state index contributed by atoms with van der Waals surface area (Å²) >= 11 is 0. The zero-order chi connectivity index (χ0) is 10.9. The summed E-state index contributed by atoms with van der Waals surface area (Å²) in [6, 6.07) is 0. The first kappa shape index (κ1) is 12.4. The Bertz CT molecular complexity index is 183. The van der Waals surface area contributed by atoms with E-state index in [0.29, 0.717) is 0 Å². The predicted molar refractivity (Wildman–Crippen MR) is 51.3 cm³/mol. The molecule has 0 aliphatic rings. The molecule has 78 valence electrons. The van der Waals surface area contributed by atoms with Crippen LogP contribution in [0.2, 0.25) is 0 Å². The number of hydrogen-bond acceptors (Lipinski definition) is 3. The second kappa shape index (κ2) is 3.66. The fourth-order valence-electron chi connectivity index (χ4n) is 0.679. The van der Waals surface area contributed by atoms with E-state index in [0.717, 1.165) is 0 Å². The van der Waals surface area contributed by atoms with Crippen LogP contribution in [-0.4, -0.2) is 22.3 Å². The summed E-state index contributed by atoms with van der Waals surface area (Å²) < 4.78 is 5.13. The van der Waals surface area contributed by atoms with Crippen LogP contribution in [0.5, 0.6) is 0 Å². The third-order valence-corrected chi connectivity index (χ3v) is 1.82. The molecule has 0 heterocycles. The van der Waals surface area contributed by atoms with Gasteiger partial charge in [-0.1, -0.05) is 0 Å². The van der Waals surface area contributed by atoms with E-state index < -0.39 is 17.1 Å². The first-order chi connectivity index (χ1) is 5.54. The average Bonchev–Trinajstić information content (AvgIpc) is 1.79. The molecule has 0 spiro atoms. The maximum absolute atomic E-state index is 11.4. The number of esters is 1. The molecule has 0 aromatic carbocycles. The first-order valence-corrected chi connectivity index (χ1v) is 4.49. The van der Waals surface area contributed by atoms with E-state index in [2.05, 4.69) is 0 Å². The highest BCUT2D eigenvalue weighted by atomic mass is 16.6. The number of ether oxygens (including phenoxy) is 1. The topological polar surface area (TPSA) is 46.5 Å². The lowest BCUT2D eigenvalue weighted by atomic mass is 9.93. The van der Waals surface area contributed by atoms with E-state index in [9.17, 15) is 9.90 Å². The van der Waals surface area contributed by atoms with Crippen LogP contribution in [0.1, 0.15) is 41.5 Å². The van der Waals surface area contributed by atoms with Gasteiger partial charge in [-0.25, -0.2) is 0 Å². The molecular formula is C10H20O3. The maximum Gasteiger partial charge on any atom is 0.312 e. The van der Waals surface area contributed by atoms with Crippen LogP contribution in [0.4, 0.5) is 0 Å². The molecule has 0 saturated carbocycles. The number of hydrogen-bond donors (Lipinski definition) is 1. The van der Waals surface area contributed by atoms with Crippen LogP contribution < -0.4 is 0 Å². The van der Waals surface area contributed by atoms with Gasteiger partial charge in [0.2, 0.25) is 0 Å². The van der Waals surface area contributed by atoms with Gasteiger partial charge >= 0.3 is 5.97 Å². The third-order valence-electron chi connectivity index (χ3n) is 1.82. The summed E-state index contributed by atoms with van der Waals surface area (Å²) in [7, 11) is 0. The third kappa shape index (κ3) is 4.88. The molecule has 0 aromatic rings. The molecule has 0 aromatic heterocycles. The van der Waals surface area contributed by atoms with Crippen molar-refractivity contribution in [2.24, 2.45) is 5.92 Å². The standard InChI is InChI=1S/C10H20O3/c1-7(10(5,6)12)8(11)13-9(2,3)4/h7,12H,1-6H3. The Balaban J connectivity index is 4.30. The van der Waals surface area contributed by atoms with Gasteiger partial charge in [0.15, 0.2) is 0 Å². The van der Waals surface area contributed by atoms with Gasteiger partial charge in [-0.3, -0.25) is 4.79 Å². The van der Waals surface area contributed by atoms with Gasteiger partial charge in [0.1, 0.15) is 5.60 Å². The van der Waals surface area contributed by atoms with Crippen molar-refractivity contribution >= 4 is 5.97 Å². The van der Waals surface area contributed by atoms with Crippen molar-refractivity contribution in [1.29, 1.82) is 0 Å². The largest absolute Gasteiger partial charge is 0.460 e. The molecule has 3 heteroatoms. The quantitative estimate of drug-likeness (QED) is 0.671. The Labute approximate surface area is 80.1 Å². The van der Waals surface area contributed by atoms with Crippen LogP contribution >= 0.6 is 0 Å². The molecule has 13 heavy (non-hydrogen) atoms. The zero-order valence-corrected chi connectivity index (χ0v) is 9.34. The number of rotatable bonds is 2. The second-order valence-electron chi connectivity index (χ2n) is 4.91. The molecule has 3 nitrogen and oxygen atoms in total. The lowest BCUT2D eigenvalue weighted by Gasteiger charge is -2.28. The van der Waals surface area contributed by atoms with Crippen LogP contribution in [0.25, 0.3) is 0 Å². The summed E-state index contributed by atoms with van der Waals surface area (Å²) in [5.74, 6) is -0.869. The van der Waals surface area contributed by atoms with Crippen molar-refractivity contribution in [1.82, 2.24) is 0 Å². The Morgan fingerprint density at radius 2 is 1.62 bits per heavy atom. The molecule has 1 unspecified atom stereocenters. The van der Waals surface area contributed by atoms with E-state index in [1.807, 2.05) is 20.8 Å². The molecule has 0 saturated heterocycles. The summed E-state index contributed by atoms with van der Waals surface area (Å²) in [6.45, 7) is 10.3. The highest BCUT2D eigenvalue weighted by Gasteiger charge is 2.32. The second-order valence-corrected chi connectivity index (χ2v) is 4.91. The average molecular weight is 188 g/mol. The van der Waals surface area contributed by atoms with Crippen molar-refractivity contribution < 1.29 is 14.6 Å².